The van der Waals surface area contributed by atoms with Crippen molar-refractivity contribution < 1.29 is 18.7 Å². The molecule has 0 N–H and O–H groups in total. The summed E-state index contributed by atoms with van der Waals surface area (Å²) in [7, 11) is 1.59. The van der Waals surface area contributed by atoms with Crippen molar-refractivity contribution in [2.45, 2.75) is 11.8 Å². The molecule has 0 aliphatic heterocycles. The molecule has 0 saturated heterocycles. The molecule has 0 unspecified atom stereocenters. The molecule has 0 saturated carbocycles. The second-order valence-electron chi connectivity index (χ2n) is 6.17. The lowest BCUT2D eigenvalue weighted by atomic mass is 10.1. The summed E-state index contributed by atoms with van der Waals surface area (Å²) in [6.07, 6.45) is 0. The number of methoxy groups -OCH3 is 1. The molecule has 0 amide bonds. The molecule has 3 aromatic carbocycles. The molecule has 0 fully saturated rings. The fraction of sp³-hybridized carbons (Fsp3) is 0.136. The number of nitrogens with zero attached hydrogens (tertiary/aromatic N) is 2. The molecule has 1 aromatic heterocycles. The van der Waals surface area contributed by atoms with Gasteiger partial charge >= 0.3 is 0 Å². The number of carbonyl (C=O) groups is 1. The summed E-state index contributed by atoms with van der Waals surface area (Å²) in [5.41, 5.74) is 0.609. The summed E-state index contributed by atoms with van der Waals surface area (Å²) >= 11 is 1.20. The SMILES string of the molecule is COc1ccc(C(=O)CSc2nnc(COc3cccc4ccccc34)o2)cc1. The Morgan fingerprint density at radius 2 is 1.79 bits per heavy atom. The Kier molecular flexibility index (Phi) is 5.76. The normalized spacial score (nSPS) is 10.8. The Hall–Kier alpha value is -3.32. The van der Waals surface area contributed by atoms with Gasteiger partial charge in [0.15, 0.2) is 12.4 Å². The van der Waals surface area contributed by atoms with Crippen LogP contribution in [0.5, 0.6) is 11.5 Å². The number of thioether (sulfide) groups is 1. The van der Waals surface area contributed by atoms with E-state index in [2.05, 4.69) is 10.2 Å². The molecule has 0 radical (unpaired) electrons. The van der Waals surface area contributed by atoms with Crippen molar-refractivity contribution in [3.05, 3.63) is 78.2 Å². The van der Waals surface area contributed by atoms with Crippen molar-refractivity contribution in [3.8, 4) is 11.5 Å². The number of hydrogen-bond acceptors (Lipinski definition) is 7. The number of ketones is 1. The van der Waals surface area contributed by atoms with E-state index in [0.717, 1.165) is 16.5 Å². The molecule has 0 bridgehead atoms. The van der Waals surface area contributed by atoms with Gasteiger partial charge in [0, 0.05) is 10.9 Å². The van der Waals surface area contributed by atoms with Crippen LogP contribution in [0.25, 0.3) is 10.8 Å². The maximum atomic E-state index is 12.3. The van der Waals surface area contributed by atoms with Crippen LogP contribution in [0.1, 0.15) is 16.2 Å². The second kappa shape index (κ2) is 8.79. The molecule has 6 nitrogen and oxygen atoms in total. The van der Waals surface area contributed by atoms with Crippen molar-refractivity contribution in [1.29, 1.82) is 0 Å². The lowest BCUT2D eigenvalue weighted by Gasteiger charge is -2.07. The second-order valence-corrected chi connectivity index (χ2v) is 7.09. The van der Waals surface area contributed by atoms with E-state index in [1.165, 1.54) is 11.8 Å². The van der Waals surface area contributed by atoms with Crippen LogP contribution in [0.2, 0.25) is 0 Å². The minimum atomic E-state index is -0.0237. The summed E-state index contributed by atoms with van der Waals surface area (Å²) < 4.78 is 16.5. The molecule has 0 atom stereocenters. The van der Waals surface area contributed by atoms with Crippen LogP contribution in [-0.2, 0) is 6.61 Å². The van der Waals surface area contributed by atoms with Crippen LogP contribution in [0, 0.1) is 0 Å². The van der Waals surface area contributed by atoms with Crippen LogP contribution in [0.3, 0.4) is 0 Å². The minimum Gasteiger partial charge on any atom is -0.497 e. The first-order valence-corrected chi connectivity index (χ1v) is 9.94. The summed E-state index contributed by atoms with van der Waals surface area (Å²) in [4.78, 5) is 12.3. The predicted molar refractivity (Wildman–Crippen MR) is 111 cm³/mol. The van der Waals surface area contributed by atoms with E-state index in [9.17, 15) is 4.79 Å². The topological polar surface area (TPSA) is 74.5 Å². The quantitative estimate of drug-likeness (QED) is 0.308. The fourth-order valence-electron chi connectivity index (χ4n) is 2.80. The zero-order valence-electron chi connectivity index (χ0n) is 15.7. The van der Waals surface area contributed by atoms with Gasteiger partial charge in [-0.3, -0.25) is 4.79 Å². The Morgan fingerprint density at radius 1 is 1.00 bits per heavy atom. The molecule has 146 valence electrons. The van der Waals surface area contributed by atoms with Gasteiger partial charge < -0.3 is 13.9 Å². The van der Waals surface area contributed by atoms with Gasteiger partial charge in [0.25, 0.3) is 11.1 Å². The average Bonchev–Trinajstić information content (AvgIpc) is 3.24. The lowest BCUT2D eigenvalue weighted by Crippen LogP contribution is -2.02. The predicted octanol–water partition coefficient (Wildman–Crippen LogP) is 4.79. The van der Waals surface area contributed by atoms with E-state index in [1.54, 1.807) is 31.4 Å². The van der Waals surface area contributed by atoms with Crippen molar-refractivity contribution in [2.24, 2.45) is 0 Å². The first-order valence-electron chi connectivity index (χ1n) is 8.96. The van der Waals surface area contributed by atoms with Crippen molar-refractivity contribution in [1.82, 2.24) is 10.2 Å². The largest absolute Gasteiger partial charge is 0.497 e. The van der Waals surface area contributed by atoms with E-state index in [-0.39, 0.29) is 18.1 Å². The van der Waals surface area contributed by atoms with Gasteiger partial charge in [-0.25, -0.2) is 0 Å². The molecule has 4 rings (SSSR count). The molecule has 0 spiro atoms. The Labute approximate surface area is 171 Å². The fourth-order valence-corrected chi connectivity index (χ4v) is 3.48. The molecular weight excluding hydrogens is 388 g/mol. The van der Waals surface area contributed by atoms with Gasteiger partial charge in [0.1, 0.15) is 11.5 Å². The van der Waals surface area contributed by atoms with Gasteiger partial charge in [-0.1, -0.05) is 48.2 Å². The van der Waals surface area contributed by atoms with Gasteiger partial charge in [0.2, 0.25) is 0 Å². The monoisotopic (exact) mass is 406 g/mol. The minimum absolute atomic E-state index is 0.0237. The highest BCUT2D eigenvalue weighted by Crippen LogP contribution is 2.26. The zero-order valence-corrected chi connectivity index (χ0v) is 16.5. The van der Waals surface area contributed by atoms with Crippen molar-refractivity contribution in [2.75, 3.05) is 12.9 Å². The molecule has 0 aliphatic carbocycles. The third kappa shape index (κ3) is 4.57. The molecule has 0 aliphatic rings. The number of benzene rings is 3. The zero-order chi connectivity index (χ0) is 20.1. The maximum absolute atomic E-state index is 12.3. The van der Waals surface area contributed by atoms with Crippen molar-refractivity contribution in [3.63, 3.8) is 0 Å². The van der Waals surface area contributed by atoms with E-state index < -0.39 is 0 Å². The van der Waals surface area contributed by atoms with Gasteiger partial charge in [0.05, 0.1) is 12.9 Å². The number of aromatic nitrogens is 2. The summed E-state index contributed by atoms with van der Waals surface area (Å²) in [6.45, 7) is 0.161. The van der Waals surface area contributed by atoms with Gasteiger partial charge in [-0.05, 0) is 35.7 Å². The number of rotatable bonds is 8. The Balaban J connectivity index is 1.34. The van der Waals surface area contributed by atoms with Crippen LogP contribution in [0.15, 0.2) is 76.4 Å². The van der Waals surface area contributed by atoms with E-state index >= 15 is 0 Å². The number of Topliss-reactive ketones (excluding diaryl/α,β-unsaturated/α-hetero) is 1. The molecular formula is C22H18N2O4S. The highest BCUT2D eigenvalue weighted by molar-refractivity contribution is 7.99. The summed E-state index contributed by atoms with van der Waals surface area (Å²) in [5, 5.41) is 10.4. The summed E-state index contributed by atoms with van der Waals surface area (Å²) in [6, 6.07) is 20.9. The molecule has 29 heavy (non-hydrogen) atoms. The van der Waals surface area contributed by atoms with Crippen LogP contribution in [0.4, 0.5) is 0 Å². The number of ether oxygens (including phenoxy) is 2. The number of fused-ring (bicyclic) bond motifs is 1. The van der Waals surface area contributed by atoms with Gasteiger partial charge in [-0.15, -0.1) is 10.2 Å². The standard InChI is InChI=1S/C22H18N2O4S/c1-26-17-11-9-16(10-12-17)19(25)14-29-22-24-23-21(28-22)13-27-20-8-4-6-15-5-2-3-7-18(15)20/h2-12H,13-14H2,1H3. The third-order valence-electron chi connectivity index (χ3n) is 4.29. The number of hydrogen-bond donors (Lipinski definition) is 0. The van der Waals surface area contributed by atoms with Crippen LogP contribution < -0.4 is 9.47 Å². The Bertz CT molecular complexity index is 1120. The smallest absolute Gasteiger partial charge is 0.277 e. The van der Waals surface area contributed by atoms with Crippen LogP contribution in [-0.4, -0.2) is 28.8 Å². The van der Waals surface area contributed by atoms with Crippen molar-refractivity contribution >= 4 is 28.3 Å². The summed E-state index contributed by atoms with van der Waals surface area (Å²) in [5.74, 6) is 2.01. The molecule has 4 aromatic rings. The molecule has 1 heterocycles. The third-order valence-corrected chi connectivity index (χ3v) is 5.11. The number of carbonyl (C=O) groups excluding carboxylic acids is 1. The van der Waals surface area contributed by atoms with E-state index in [1.807, 2.05) is 42.5 Å². The highest BCUT2D eigenvalue weighted by Gasteiger charge is 2.12. The van der Waals surface area contributed by atoms with Crippen LogP contribution >= 0.6 is 11.8 Å². The highest BCUT2D eigenvalue weighted by atomic mass is 32.2. The molecule has 7 heteroatoms. The van der Waals surface area contributed by atoms with E-state index in [4.69, 9.17) is 13.9 Å². The van der Waals surface area contributed by atoms with E-state index in [0.29, 0.717) is 22.4 Å². The lowest BCUT2D eigenvalue weighted by molar-refractivity contribution is 0.102. The first-order chi connectivity index (χ1) is 14.2. The Morgan fingerprint density at radius 3 is 2.62 bits per heavy atom. The average molecular weight is 406 g/mol. The first kappa shape index (κ1) is 19.0. The van der Waals surface area contributed by atoms with Gasteiger partial charge in [-0.2, -0.15) is 0 Å². The maximum Gasteiger partial charge on any atom is 0.277 e.